The molecule has 2 saturated heterocycles. The molecule has 14 nitrogen and oxygen atoms in total. The van der Waals surface area contributed by atoms with Gasteiger partial charge in [0.25, 0.3) is 0 Å². The third kappa shape index (κ3) is 29.9. The highest BCUT2D eigenvalue weighted by Crippen LogP contribution is 2.30. The van der Waals surface area contributed by atoms with Crippen molar-refractivity contribution in [1.29, 1.82) is 0 Å². The van der Waals surface area contributed by atoms with E-state index in [1.165, 1.54) is 0 Å². The fourth-order valence-electron chi connectivity index (χ4n) is 7.97. The van der Waals surface area contributed by atoms with E-state index in [-0.39, 0.29) is 18.9 Å². The van der Waals surface area contributed by atoms with Crippen LogP contribution in [-0.2, 0) is 23.7 Å². The lowest BCUT2D eigenvalue weighted by Gasteiger charge is -2.46. The van der Waals surface area contributed by atoms with E-state index in [1.807, 2.05) is 6.08 Å². The van der Waals surface area contributed by atoms with Crippen LogP contribution in [0.5, 0.6) is 0 Å². The summed E-state index contributed by atoms with van der Waals surface area (Å²) in [5, 5.41) is 86.1. The lowest BCUT2D eigenvalue weighted by Crippen LogP contribution is -2.65. The Balaban J connectivity index is 1.58. The quantitative estimate of drug-likeness (QED) is 0.0208. The topological polar surface area (TPSA) is 228 Å². The average molecular weight is 1030 g/mol. The Morgan fingerprint density at radius 2 is 0.945 bits per heavy atom. The van der Waals surface area contributed by atoms with Gasteiger partial charge >= 0.3 is 0 Å². The number of carbonyl (C=O) groups is 1. The van der Waals surface area contributed by atoms with Gasteiger partial charge in [-0.1, -0.05) is 180 Å². The van der Waals surface area contributed by atoms with Gasteiger partial charge in [0.05, 0.1) is 32.0 Å². The number of unbranched alkanes of at least 4 members (excludes halogenated alkanes) is 9. The minimum absolute atomic E-state index is 0.257. The van der Waals surface area contributed by atoms with Gasteiger partial charge in [-0.3, -0.25) is 4.79 Å². The van der Waals surface area contributed by atoms with Crippen molar-refractivity contribution in [3.63, 3.8) is 0 Å². The molecule has 0 aromatic rings. The van der Waals surface area contributed by atoms with Gasteiger partial charge in [-0.15, -0.1) is 0 Å². The summed E-state index contributed by atoms with van der Waals surface area (Å²) in [6.07, 6.45) is 46.3. The highest BCUT2D eigenvalue weighted by molar-refractivity contribution is 5.76. The van der Waals surface area contributed by atoms with Crippen molar-refractivity contribution >= 4 is 5.91 Å². The van der Waals surface area contributed by atoms with Crippen LogP contribution in [0.15, 0.2) is 122 Å². The fraction of sp³-hybridized carbons (Fsp3) is 0.644. The van der Waals surface area contributed by atoms with Crippen molar-refractivity contribution in [2.75, 3.05) is 19.8 Å². The summed E-state index contributed by atoms with van der Waals surface area (Å²) in [6.45, 7) is 2.46. The molecule has 2 rings (SSSR count). The number of hydrogen-bond acceptors (Lipinski definition) is 13. The predicted octanol–water partition coefficient (Wildman–Crippen LogP) is 8.27. The third-order valence-corrected chi connectivity index (χ3v) is 12.4. The van der Waals surface area contributed by atoms with Gasteiger partial charge < -0.3 is 65.1 Å². The molecular formula is C59H95NO13. The summed E-state index contributed by atoms with van der Waals surface area (Å²) in [6, 6.07) is -0.925. The molecular weight excluding hydrogens is 931 g/mol. The summed E-state index contributed by atoms with van der Waals surface area (Å²) in [4.78, 5) is 13.0. The number of nitrogens with one attached hydrogen (secondary N) is 1. The number of hydrogen-bond donors (Lipinski definition) is 9. The van der Waals surface area contributed by atoms with Crippen LogP contribution in [0.1, 0.15) is 149 Å². The largest absolute Gasteiger partial charge is 0.394 e. The lowest BCUT2D eigenvalue weighted by molar-refractivity contribution is -0.359. The van der Waals surface area contributed by atoms with Crippen LogP contribution >= 0.6 is 0 Å². The molecule has 12 unspecified atom stereocenters. The number of aliphatic hydroxyl groups is 8. The van der Waals surface area contributed by atoms with Crippen LogP contribution in [0.4, 0.5) is 0 Å². The SMILES string of the molecule is CC/C=C\C/C=C\C/C=C\C/C=C\C/C=C\C/C=C\C/C=C\C/C=C\C/C=C\CCCCCCCCCC(=O)NC(COC1OC(CO)C(OC2OC(CO)C(O)C(O)C2O)C(O)C1O)C(O)/C=C/CCCC. The van der Waals surface area contributed by atoms with Gasteiger partial charge in [-0.05, 0) is 83.5 Å². The first-order valence-electron chi connectivity index (χ1n) is 27.3. The summed E-state index contributed by atoms with van der Waals surface area (Å²) in [5.74, 6) is -0.268. The van der Waals surface area contributed by atoms with Gasteiger partial charge in [-0.2, -0.15) is 0 Å². The lowest BCUT2D eigenvalue weighted by atomic mass is 9.97. The van der Waals surface area contributed by atoms with E-state index < -0.39 is 86.8 Å². The van der Waals surface area contributed by atoms with E-state index in [0.29, 0.717) is 6.42 Å². The van der Waals surface area contributed by atoms with Crippen LogP contribution < -0.4 is 5.32 Å². The normalized spacial score (nSPS) is 26.4. The molecule has 2 aliphatic rings. The minimum Gasteiger partial charge on any atom is -0.394 e. The summed E-state index contributed by atoms with van der Waals surface area (Å²) < 4.78 is 22.5. The Labute approximate surface area is 438 Å². The molecule has 0 radical (unpaired) electrons. The van der Waals surface area contributed by atoms with Crippen molar-refractivity contribution in [2.45, 2.75) is 222 Å². The zero-order valence-electron chi connectivity index (χ0n) is 44.1. The van der Waals surface area contributed by atoms with E-state index in [2.05, 4.69) is 129 Å². The molecule has 2 heterocycles. The Morgan fingerprint density at radius 1 is 0.507 bits per heavy atom. The van der Waals surface area contributed by atoms with E-state index in [1.54, 1.807) is 6.08 Å². The molecule has 9 N–H and O–H groups in total. The monoisotopic (exact) mass is 1030 g/mol. The van der Waals surface area contributed by atoms with Crippen LogP contribution in [0, 0.1) is 0 Å². The molecule has 0 aliphatic carbocycles. The van der Waals surface area contributed by atoms with Crippen molar-refractivity contribution in [3.05, 3.63) is 122 Å². The Bertz CT molecular complexity index is 1680. The number of ether oxygens (including phenoxy) is 4. The average Bonchev–Trinajstić information content (AvgIpc) is 3.39. The second kappa shape index (κ2) is 43.6. The zero-order valence-corrected chi connectivity index (χ0v) is 44.1. The summed E-state index contributed by atoms with van der Waals surface area (Å²) in [5.41, 5.74) is 0. The van der Waals surface area contributed by atoms with E-state index in [0.717, 1.165) is 122 Å². The molecule has 0 aromatic carbocycles. The smallest absolute Gasteiger partial charge is 0.220 e. The number of amides is 1. The first-order chi connectivity index (χ1) is 35.6. The van der Waals surface area contributed by atoms with Crippen LogP contribution in [-0.4, -0.2) is 140 Å². The molecule has 14 heteroatoms. The third-order valence-electron chi connectivity index (χ3n) is 12.4. The number of carbonyl (C=O) groups excluding carboxylic acids is 1. The van der Waals surface area contributed by atoms with Gasteiger partial charge in [0, 0.05) is 6.42 Å². The van der Waals surface area contributed by atoms with Gasteiger partial charge in [-0.25, -0.2) is 0 Å². The van der Waals surface area contributed by atoms with E-state index >= 15 is 0 Å². The molecule has 0 aromatic heterocycles. The van der Waals surface area contributed by atoms with E-state index in [9.17, 15) is 45.6 Å². The van der Waals surface area contributed by atoms with Gasteiger partial charge in [0.2, 0.25) is 5.91 Å². The van der Waals surface area contributed by atoms with Crippen molar-refractivity contribution in [3.8, 4) is 0 Å². The predicted molar refractivity (Wildman–Crippen MR) is 290 cm³/mol. The molecule has 0 bridgehead atoms. The maximum atomic E-state index is 13.0. The molecule has 12 atom stereocenters. The van der Waals surface area contributed by atoms with Crippen LogP contribution in [0.25, 0.3) is 0 Å². The molecule has 73 heavy (non-hydrogen) atoms. The van der Waals surface area contributed by atoms with Crippen LogP contribution in [0.2, 0.25) is 0 Å². The molecule has 0 spiro atoms. The fourth-order valence-corrected chi connectivity index (χ4v) is 7.97. The standard InChI is InChI=1S/C59H95NO13/c1-3-5-7-9-10-11-12-13-14-15-16-17-18-19-20-21-22-23-24-25-26-27-28-29-30-31-32-33-34-35-36-37-38-39-41-43-51(64)60-47(48(63)42-40-8-6-4-2)46-70-58-56(69)54(67)57(50(45-62)72-58)73-59-55(68)53(66)52(65)49(44-61)71-59/h5,7,10-11,13-14,16-17,19-20,22-23,25-26,28-29,31-32,40,42,47-50,52-59,61-63,65-69H,3-4,6,8-9,12,15,18,21,24,27,30,33-39,41,43-46H2,1-2H3,(H,60,64)/b7-5-,11-10-,14-13-,17-16-,20-19-,23-22-,26-25-,29-28-,32-31-,42-40+. The Hall–Kier alpha value is -3.61. The second-order valence-electron chi connectivity index (χ2n) is 18.6. The summed E-state index contributed by atoms with van der Waals surface area (Å²) in [7, 11) is 0. The van der Waals surface area contributed by atoms with Gasteiger partial charge in [0.15, 0.2) is 12.6 Å². The molecule has 414 valence electrons. The van der Waals surface area contributed by atoms with Crippen molar-refractivity contribution < 1.29 is 64.6 Å². The Morgan fingerprint density at radius 3 is 1.44 bits per heavy atom. The first-order valence-corrected chi connectivity index (χ1v) is 27.3. The van der Waals surface area contributed by atoms with Gasteiger partial charge in [0.1, 0.15) is 48.8 Å². The highest BCUT2D eigenvalue weighted by atomic mass is 16.7. The maximum absolute atomic E-state index is 13.0. The zero-order chi connectivity index (χ0) is 53.2. The van der Waals surface area contributed by atoms with Crippen molar-refractivity contribution in [2.24, 2.45) is 0 Å². The molecule has 2 fully saturated rings. The highest BCUT2D eigenvalue weighted by Gasteiger charge is 2.51. The maximum Gasteiger partial charge on any atom is 0.220 e. The first kappa shape index (κ1) is 65.5. The number of aliphatic hydroxyl groups excluding tert-OH is 8. The van der Waals surface area contributed by atoms with Crippen LogP contribution in [0.3, 0.4) is 0 Å². The number of allylic oxidation sites excluding steroid dienone is 19. The van der Waals surface area contributed by atoms with E-state index in [4.69, 9.17) is 18.9 Å². The summed E-state index contributed by atoms with van der Waals surface area (Å²) >= 11 is 0. The molecule has 1 amide bonds. The second-order valence-corrected chi connectivity index (χ2v) is 18.6. The minimum atomic E-state index is -1.79. The Kier molecular flexibility index (Phi) is 39.1. The molecule has 0 saturated carbocycles. The number of rotatable bonds is 40. The molecule has 2 aliphatic heterocycles. The van der Waals surface area contributed by atoms with Crippen molar-refractivity contribution in [1.82, 2.24) is 5.32 Å².